The van der Waals surface area contributed by atoms with E-state index in [2.05, 4.69) is 43.4 Å². The molecule has 0 radical (unpaired) electrons. The first-order chi connectivity index (χ1) is 7.14. The molecule has 1 aromatic carbocycles. The number of hydrogen-bond acceptors (Lipinski definition) is 1. The summed E-state index contributed by atoms with van der Waals surface area (Å²) in [7, 11) is -1.49. The Morgan fingerprint density at radius 1 is 1.20 bits per heavy atom. The van der Waals surface area contributed by atoms with Gasteiger partial charge in [0, 0.05) is 12.5 Å². The largest absolute Gasteiger partial charge is 0.416 e. The molecule has 0 bridgehead atoms. The summed E-state index contributed by atoms with van der Waals surface area (Å²) in [5, 5.41) is 0. The van der Waals surface area contributed by atoms with Gasteiger partial charge in [0.1, 0.15) is 0 Å². The highest BCUT2D eigenvalue weighted by molar-refractivity contribution is 6.71. The molecule has 0 amide bonds. The monoisotopic (exact) mass is 242 g/mol. The van der Waals surface area contributed by atoms with Crippen molar-refractivity contribution in [2.75, 3.05) is 12.5 Å². The molecule has 0 saturated carbocycles. The van der Waals surface area contributed by atoms with Gasteiger partial charge in [-0.25, -0.2) is 0 Å². The summed E-state index contributed by atoms with van der Waals surface area (Å²) in [5.74, 6) is 0.599. The maximum absolute atomic E-state index is 5.81. The lowest BCUT2D eigenvalue weighted by Gasteiger charge is -2.22. The van der Waals surface area contributed by atoms with Crippen molar-refractivity contribution in [2.24, 2.45) is 0 Å². The molecule has 0 aliphatic rings. The number of benzene rings is 1. The highest BCUT2D eigenvalue weighted by Gasteiger charge is 2.21. The molecule has 0 heterocycles. The van der Waals surface area contributed by atoms with Crippen molar-refractivity contribution in [3.8, 4) is 0 Å². The van der Waals surface area contributed by atoms with Crippen LogP contribution in [0.1, 0.15) is 5.56 Å². The van der Waals surface area contributed by atoms with Crippen molar-refractivity contribution < 1.29 is 4.43 Å². The van der Waals surface area contributed by atoms with E-state index in [1.54, 1.807) is 0 Å². The SMILES string of the molecule is C[Si](C)(CCc1ccccc1)OCCCl. The maximum atomic E-state index is 5.81. The first-order valence-electron chi connectivity index (χ1n) is 5.38. The molecule has 0 unspecified atom stereocenters. The van der Waals surface area contributed by atoms with Crippen LogP contribution in [-0.4, -0.2) is 20.8 Å². The molecule has 0 aliphatic carbocycles. The third kappa shape index (κ3) is 5.35. The molecule has 0 spiro atoms. The molecule has 15 heavy (non-hydrogen) atoms. The average molecular weight is 243 g/mol. The molecule has 0 saturated heterocycles. The smallest absolute Gasteiger partial charge is 0.187 e. The zero-order valence-corrected chi connectivity index (χ0v) is 11.3. The van der Waals surface area contributed by atoms with Crippen LogP contribution in [0, 0.1) is 0 Å². The van der Waals surface area contributed by atoms with Gasteiger partial charge in [-0.05, 0) is 31.1 Å². The molecular formula is C12H19ClOSi. The van der Waals surface area contributed by atoms with Gasteiger partial charge in [0.25, 0.3) is 0 Å². The Hall–Kier alpha value is -0.313. The fraction of sp³-hybridized carbons (Fsp3) is 0.500. The van der Waals surface area contributed by atoms with E-state index in [0.717, 1.165) is 12.5 Å². The summed E-state index contributed by atoms with van der Waals surface area (Å²) >= 11 is 5.62. The quantitative estimate of drug-likeness (QED) is 0.546. The zero-order valence-electron chi connectivity index (χ0n) is 9.50. The van der Waals surface area contributed by atoms with Gasteiger partial charge in [0.2, 0.25) is 0 Å². The highest BCUT2D eigenvalue weighted by atomic mass is 35.5. The summed E-state index contributed by atoms with van der Waals surface area (Å²) in [6, 6.07) is 11.7. The number of aryl methyl sites for hydroxylation is 1. The number of alkyl halides is 1. The van der Waals surface area contributed by atoms with E-state index in [-0.39, 0.29) is 0 Å². The van der Waals surface area contributed by atoms with Crippen LogP contribution in [0.25, 0.3) is 0 Å². The fourth-order valence-corrected chi connectivity index (χ4v) is 3.37. The second-order valence-electron chi connectivity index (χ2n) is 4.28. The van der Waals surface area contributed by atoms with Crippen LogP contribution >= 0.6 is 11.6 Å². The number of halogens is 1. The zero-order chi connectivity index (χ0) is 11.1. The van der Waals surface area contributed by atoms with E-state index in [0.29, 0.717) is 12.5 Å². The van der Waals surface area contributed by atoms with Crippen molar-refractivity contribution in [3.63, 3.8) is 0 Å². The average Bonchev–Trinajstić information content (AvgIpc) is 2.25. The molecule has 1 nitrogen and oxygen atoms in total. The van der Waals surface area contributed by atoms with Gasteiger partial charge in [-0.15, -0.1) is 11.6 Å². The van der Waals surface area contributed by atoms with Gasteiger partial charge in [-0.1, -0.05) is 30.3 Å². The lowest BCUT2D eigenvalue weighted by molar-refractivity contribution is 0.331. The molecular weight excluding hydrogens is 224 g/mol. The molecule has 0 aliphatic heterocycles. The van der Waals surface area contributed by atoms with Crippen molar-refractivity contribution >= 4 is 19.9 Å². The minimum atomic E-state index is -1.49. The molecule has 0 fully saturated rings. The van der Waals surface area contributed by atoms with Crippen LogP contribution in [0.3, 0.4) is 0 Å². The van der Waals surface area contributed by atoms with Gasteiger partial charge in [-0.3, -0.25) is 0 Å². The van der Waals surface area contributed by atoms with E-state index in [1.807, 2.05) is 0 Å². The van der Waals surface area contributed by atoms with Gasteiger partial charge in [-0.2, -0.15) is 0 Å². The van der Waals surface area contributed by atoms with E-state index in [4.69, 9.17) is 16.0 Å². The maximum Gasteiger partial charge on any atom is 0.187 e. The van der Waals surface area contributed by atoms with Crippen LogP contribution in [0.5, 0.6) is 0 Å². The minimum absolute atomic E-state index is 0.599. The van der Waals surface area contributed by atoms with Gasteiger partial charge in [0.05, 0.1) is 0 Å². The molecule has 0 N–H and O–H groups in total. The highest BCUT2D eigenvalue weighted by Crippen LogP contribution is 2.15. The first kappa shape index (κ1) is 12.8. The minimum Gasteiger partial charge on any atom is -0.416 e. The summed E-state index contributed by atoms with van der Waals surface area (Å²) in [6.45, 7) is 5.19. The molecule has 1 aromatic rings. The number of hydrogen-bond donors (Lipinski definition) is 0. The summed E-state index contributed by atoms with van der Waals surface area (Å²) in [5.41, 5.74) is 1.40. The third-order valence-corrected chi connectivity index (χ3v) is 5.02. The second kappa shape index (κ2) is 6.31. The third-order valence-electron chi connectivity index (χ3n) is 2.43. The Labute approximate surface area is 98.5 Å². The molecule has 84 valence electrons. The predicted molar refractivity (Wildman–Crippen MR) is 69.1 cm³/mol. The Morgan fingerprint density at radius 2 is 1.87 bits per heavy atom. The Balaban J connectivity index is 2.35. The molecule has 3 heteroatoms. The predicted octanol–water partition coefficient (Wildman–Crippen LogP) is 3.69. The Morgan fingerprint density at radius 3 is 2.47 bits per heavy atom. The van der Waals surface area contributed by atoms with E-state index in [1.165, 1.54) is 5.56 Å². The number of rotatable bonds is 6. The first-order valence-corrected chi connectivity index (χ1v) is 9.03. The van der Waals surface area contributed by atoms with Crippen molar-refractivity contribution in [2.45, 2.75) is 25.6 Å². The summed E-state index contributed by atoms with van der Waals surface area (Å²) < 4.78 is 5.81. The van der Waals surface area contributed by atoms with Crippen LogP contribution in [-0.2, 0) is 10.8 Å². The van der Waals surface area contributed by atoms with E-state index in [9.17, 15) is 0 Å². The van der Waals surface area contributed by atoms with Gasteiger partial charge in [0.15, 0.2) is 8.32 Å². The Bertz CT molecular complexity index is 274. The molecule has 0 atom stereocenters. The van der Waals surface area contributed by atoms with E-state index >= 15 is 0 Å². The lowest BCUT2D eigenvalue weighted by Crippen LogP contribution is -2.31. The van der Waals surface area contributed by atoms with Crippen LogP contribution in [0.4, 0.5) is 0 Å². The van der Waals surface area contributed by atoms with Crippen LogP contribution < -0.4 is 0 Å². The standard InChI is InChI=1S/C12H19ClOSi/c1-15(2,14-10-9-13)11-8-12-6-4-3-5-7-12/h3-7H,8-11H2,1-2H3. The van der Waals surface area contributed by atoms with Crippen LogP contribution in [0.15, 0.2) is 30.3 Å². The van der Waals surface area contributed by atoms with Crippen LogP contribution in [0.2, 0.25) is 19.1 Å². The van der Waals surface area contributed by atoms with Crippen molar-refractivity contribution in [1.29, 1.82) is 0 Å². The fourth-order valence-electron chi connectivity index (χ4n) is 1.48. The Kier molecular flexibility index (Phi) is 5.36. The van der Waals surface area contributed by atoms with Crippen molar-refractivity contribution in [1.82, 2.24) is 0 Å². The summed E-state index contributed by atoms with van der Waals surface area (Å²) in [6.07, 6.45) is 1.11. The second-order valence-corrected chi connectivity index (χ2v) is 8.97. The molecule has 0 aromatic heterocycles. The van der Waals surface area contributed by atoms with Crippen molar-refractivity contribution in [3.05, 3.63) is 35.9 Å². The summed E-state index contributed by atoms with van der Waals surface area (Å²) in [4.78, 5) is 0. The van der Waals surface area contributed by atoms with E-state index < -0.39 is 8.32 Å². The lowest BCUT2D eigenvalue weighted by atomic mass is 10.2. The topological polar surface area (TPSA) is 9.23 Å². The normalized spacial score (nSPS) is 11.7. The van der Waals surface area contributed by atoms with Gasteiger partial charge >= 0.3 is 0 Å². The molecule has 1 rings (SSSR count). The van der Waals surface area contributed by atoms with Gasteiger partial charge < -0.3 is 4.43 Å².